The standard InChI is InChI=1S/C11H15BrFN3/c12-8-6-10(13)11(15-7-8)16(5-4-14)9-2-1-3-9/h6-7,9H,1-5,14H2. The number of pyridine rings is 1. The Morgan fingerprint density at radius 1 is 1.56 bits per heavy atom. The zero-order chi connectivity index (χ0) is 11.5. The van der Waals surface area contributed by atoms with Gasteiger partial charge in [0.25, 0.3) is 0 Å². The lowest BCUT2D eigenvalue weighted by Crippen LogP contribution is -2.43. The lowest BCUT2D eigenvalue weighted by Gasteiger charge is -2.38. The highest BCUT2D eigenvalue weighted by Crippen LogP contribution is 2.30. The minimum Gasteiger partial charge on any atom is -0.350 e. The molecule has 1 saturated carbocycles. The van der Waals surface area contributed by atoms with Gasteiger partial charge in [-0.05, 0) is 41.3 Å². The van der Waals surface area contributed by atoms with Crippen LogP contribution in [0.3, 0.4) is 0 Å². The second kappa shape index (κ2) is 5.10. The van der Waals surface area contributed by atoms with E-state index in [2.05, 4.69) is 20.9 Å². The van der Waals surface area contributed by atoms with E-state index < -0.39 is 0 Å². The quantitative estimate of drug-likeness (QED) is 0.924. The fourth-order valence-corrected chi connectivity index (χ4v) is 2.22. The van der Waals surface area contributed by atoms with Crippen LogP contribution in [0.1, 0.15) is 19.3 Å². The Balaban J connectivity index is 2.23. The maximum Gasteiger partial charge on any atom is 0.166 e. The van der Waals surface area contributed by atoms with E-state index in [0.29, 0.717) is 29.4 Å². The first-order valence-corrected chi connectivity index (χ1v) is 6.29. The summed E-state index contributed by atoms with van der Waals surface area (Å²) in [5.41, 5.74) is 5.56. The number of nitrogens with zero attached hydrogens (tertiary/aromatic N) is 2. The molecule has 0 bridgehead atoms. The summed E-state index contributed by atoms with van der Waals surface area (Å²) in [6.45, 7) is 1.18. The fraction of sp³-hybridized carbons (Fsp3) is 0.545. The summed E-state index contributed by atoms with van der Waals surface area (Å²) in [5, 5.41) is 0. The molecule has 1 aliphatic rings. The summed E-state index contributed by atoms with van der Waals surface area (Å²) >= 11 is 3.21. The number of hydrogen-bond acceptors (Lipinski definition) is 3. The summed E-state index contributed by atoms with van der Waals surface area (Å²) in [5.74, 6) is 0.146. The topological polar surface area (TPSA) is 42.1 Å². The Bertz CT molecular complexity index is 368. The summed E-state index contributed by atoms with van der Waals surface area (Å²) in [4.78, 5) is 6.14. The van der Waals surface area contributed by atoms with Crippen molar-refractivity contribution in [2.24, 2.45) is 5.73 Å². The Morgan fingerprint density at radius 3 is 2.81 bits per heavy atom. The third-order valence-corrected chi connectivity index (χ3v) is 3.38. The zero-order valence-electron chi connectivity index (χ0n) is 9.00. The molecule has 2 rings (SSSR count). The highest BCUT2D eigenvalue weighted by Gasteiger charge is 2.27. The molecule has 1 aromatic rings. The van der Waals surface area contributed by atoms with Crippen molar-refractivity contribution in [3.63, 3.8) is 0 Å². The molecule has 0 atom stereocenters. The van der Waals surface area contributed by atoms with Gasteiger partial charge in [-0.15, -0.1) is 0 Å². The van der Waals surface area contributed by atoms with Crippen molar-refractivity contribution in [3.8, 4) is 0 Å². The SMILES string of the molecule is NCCN(c1ncc(Br)cc1F)C1CCC1. The first-order valence-electron chi connectivity index (χ1n) is 5.50. The van der Waals surface area contributed by atoms with Crippen molar-refractivity contribution < 1.29 is 4.39 Å². The van der Waals surface area contributed by atoms with Gasteiger partial charge in [0.15, 0.2) is 11.6 Å². The van der Waals surface area contributed by atoms with Gasteiger partial charge < -0.3 is 10.6 Å². The molecule has 0 amide bonds. The van der Waals surface area contributed by atoms with Crippen LogP contribution in [0.2, 0.25) is 0 Å². The summed E-state index contributed by atoms with van der Waals surface area (Å²) in [6.07, 6.45) is 5.05. The van der Waals surface area contributed by atoms with Crippen LogP contribution in [0, 0.1) is 5.82 Å². The van der Waals surface area contributed by atoms with Crippen LogP contribution in [0.15, 0.2) is 16.7 Å². The number of anilines is 1. The molecule has 1 aromatic heterocycles. The molecule has 0 spiro atoms. The summed E-state index contributed by atoms with van der Waals surface area (Å²) in [7, 11) is 0. The number of hydrogen-bond donors (Lipinski definition) is 1. The van der Waals surface area contributed by atoms with Gasteiger partial charge in [-0.25, -0.2) is 9.37 Å². The minimum atomic E-state index is -0.283. The van der Waals surface area contributed by atoms with Crippen LogP contribution in [0.5, 0.6) is 0 Å². The van der Waals surface area contributed by atoms with Gasteiger partial charge in [0.2, 0.25) is 0 Å². The maximum atomic E-state index is 13.8. The van der Waals surface area contributed by atoms with Gasteiger partial charge in [-0.1, -0.05) is 0 Å². The number of aromatic nitrogens is 1. The van der Waals surface area contributed by atoms with E-state index in [9.17, 15) is 4.39 Å². The van der Waals surface area contributed by atoms with Crippen molar-refractivity contribution in [3.05, 3.63) is 22.6 Å². The van der Waals surface area contributed by atoms with E-state index in [1.54, 1.807) is 6.20 Å². The Kier molecular flexibility index (Phi) is 3.76. The van der Waals surface area contributed by atoms with Crippen LogP contribution in [-0.2, 0) is 0 Å². The lowest BCUT2D eigenvalue weighted by molar-refractivity contribution is 0.382. The van der Waals surface area contributed by atoms with Gasteiger partial charge in [0, 0.05) is 29.8 Å². The Morgan fingerprint density at radius 2 is 2.31 bits per heavy atom. The highest BCUT2D eigenvalue weighted by molar-refractivity contribution is 9.10. The predicted molar refractivity (Wildman–Crippen MR) is 65.9 cm³/mol. The number of nitrogens with two attached hydrogens (primary N) is 1. The summed E-state index contributed by atoms with van der Waals surface area (Å²) in [6, 6.07) is 1.86. The fourth-order valence-electron chi connectivity index (χ4n) is 1.92. The molecule has 88 valence electrons. The van der Waals surface area contributed by atoms with Crippen LogP contribution < -0.4 is 10.6 Å². The third-order valence-electron chi connectivity index (χ3n) is 2.95. The zero-order valence-corrected chi connectivity index (χ0v) is 10.6. The molecule has 0 saturated heterocycles. The molecular formula is C11H15BrFN3. The van der Waals surface area contributed by atoms with Crippen molar-refractivity contribution in [2.45, 2.75) is 25.3 Å². The molecule has 0 aromatic carbocycles. The monoisotopic (exact) mass is 287 g/mol. The molecule has 16 heavy (non-hydrogen) atoms. The van der Waals surface area contributed by atoms with Gasteiger partial charge >= 0.3 is 0 Å². The molecule has 0 radical (unpaired) electrons. The second-order valence-corrected chi connectivity index (χ2v) is 4.94. The van der Waals surface area contributed by atoms with E-state index in [4.69, 9.17) is 5.73 Å². The minimum absolute atomic E-state index is 0.283. The van der Waals surface area contributed by atoms with Gasteiger partial charge in [0.05, 0.1) is 0 Å². The predicted octanol–water partition coefficient (Wildman–Crippen LogP) is 2.30. The number of halogens is 2. The molecule has 1 heterocycles. The smallest absolute Gasteiger partial charge is 0.166 e. The summed E-state index contributed by atoms with van der Waals surface area (Å²) < 4.78 is 14.4. The molecular weight excluding hydrogens is 273 g/mol. The van der Waals surface area contributed by atoms with Crippen LogP contribution >= 0.6 is 15.9 Å². The Labute approximate surface area is 103 Å². The molecule has 0 unspecified atom stereocenters. The largest absolute Gasteiger partial charge is 0.350 e. The van der Waals surface area contributed by atoms with E-state index in [1.165, 1.54) is 12.5 Å². The van der Waals surface area contributed by atoms with E-state index in [-0.39, 0.29) is 5.82 Å². The molecule has 5 heteroatoms. The third kappa shape index (κ3) is 2.35. The van der Waals surface area contributed by atoms with Crippen molar-refractivity contribution in [2.75, 3.05) is 18.0 Å². The average molecular weight is 288 g/mol. The van der Waals surface area contributed by atoms with E-state index in [1.807, 2.05) is 4.90 Å². The molecule has 3 nitrogen and oxygen atoms in total. The Hall–Kier alpha value is -0.680. The van der Waals surface area contributed by atoms with E-state index in [0.717, 1.165) is 12.8 Å². The average Bonchev–Trinajstić information content (AvgIpc) is 2.14. The number of rotatable bonds is 4. The normalized spacial score (nSPS) is 15.9. The van der Waals surface area contributed by atoms with Crippen molar-refractivity contribution in [1.82, 2.24) is 4.98 Å². The van der Waals surface area contributed by atoms with Crippen LogP contribution in [0.4, 0.5) is 10.2 Å². The van der Waals surface area contributed by atoms with E-state index >= 15 is 0 Å². The van der Waals surface area contributed by atoms with Crippen molar-refractivity contribution >= 4 is 21.7 Å². The second-order valence-electron chi connectivity index (χ2n) is 4.03. The maximum absolute atomic E-state index is 13.8. The van der Waals surface area contributed by atoms with Crippen molar-refractivity contribution in [1.29, 1.82) is 0 Å². The van der Waals surface area contributed by atoms with Gasteiger partial charge in [-0.2, -0.15) is 0 Å². The molecule has 1 aliphatic carbocycles. The first-order chi connectivity index (χ1) is 7.72. The lowest BCUT2D eigenvalue weighted by atomic mass is 9.91. The molecule has 0 aliphatic heterocycles. The van der Waals surface area contributed by atoms with Gasteiger partial charge in [-0.3, -0.25) is 0 Å². The first kappa shape index (κ1) is 11.8. The molecule has 1 fully saturated rings. The van der Waals surface area contributed by atoms with Gasteiger partial charge in [0.1, 0.15) is 0 Å². The molecule has 2 N–H and O–H groups in total. The highest BCUT2D eigenvalue weighted by atomic mass is 79.9. The van der Waals surface area contributed by atoms with Crippen LogP contribution in [0.25, 0.3) is 0 Å². The van der Waals surface area contributed by atoms with Crippen LogP contribution in [-0.4, -0.2) is 24.1 Å².